The van der Waals surface area contributed by atoms with Crippen molar-refractivity contribution in [1.82, 2.24) is 14.7 Å². The molecule has 4 rings (SSSR count). The zero-order valence-electron chi connectivity index (χ0n) is 18.5. The van der Waals surface area contributed by atoms with Gasteiger partial charge < -0.3 is 19.5 Å². The van der Waals surface area contributed by atoms with E-state index in [2.05, 4.69) is 15.3 Å². The summed E-state index contributed by atoms with van der Waals surface area (Å²) in [4.78, 5) is 14.7. The molecule has 1 saturated heterocycles. The number of aryl methyl sites for hydroxylation is 1. The first-order chi connectivity index (χ1) is 16.1. The number of carbonyl (C=O) groups excluding carboxylic acids is 1. The Labute approximate surface area is 198 Å². The van der Waals surface area contributed by atoms with Crippen LogP contribution in [0.15, 0.2) is 54.7 Å². The van der Waals surface area contributed by atoms with Crippen LogP contribution in [-0.4, -0.2) is 66.6 Å². The van der Waals surface area contributed by atoms with Gasteiger partial charge in [0.05, 0.1) is 30.1 Å². The van der Waals surface area contributed by atoms with E-state index in [1.54, 1.807) is 29.1 Å². The van der Waals surface area contributed by atoms with Gasteiger partial charge in [-0.1, -0.05) is 29.8 Å². The number of amides is 1. The van der Waals surface area contributed by atoms with Gasteiger partial charge in [-0.25, -0.2) is 0 Å². The summed E-state index contributed by atoms with van der Waals surface area (Å²) in [5, 5.41) is 7.62. The first-order valence-corrected chi connectivity index (χ1v) is 11.2. The van der Waals surface area contributed by atoms with Gasteiger partial charge in [0.1, 0.15) is 18.1 Å². The normalized spacial score (nSPS) is 14.1. The minimum atomic E-state index is -0.262. The zero-order chi connectivity index (χ0) is 23.0. The minimum absolute atomic E-state index is 0.0936. The number of halogens is 1. The van der Waals surface area contributed by atoms with E-state index in [0.29, 0.717) is 28.8 Å². The molecule has 3 aromatic rings. The van der Waals surface area contributed by atoms with Crippen LogP contribution < -0.4 is 14.8 Å². The number of carbonyl (C=O) groups is 1. The number of benzene rings is 2. The maximum Gasteiger partial charge on any atom is 0.262 e. The van der Waals surface area contributed by atoms with E-state index in [9.17, 15) is 4.79 Å². The Kier molecular flexibility index (Phi) is 7.83. The number of ether oxygens (including phenoxy) is 3. The number of nitrogens with one attached hydrogen (secondary N) is 1. The van der Waals surface area contributed by atoms with E-state index in [-0.39, 0.29) is 12.5 Å². The lowest BCUT2D eigenvalue weighted by Gasteiger charge is -2.26. The van der Waals surface area contributed by atoms with E-state index in [4.69, 9.17) is 25.8 Å². The smallest absolute Gasteiger partial charge is 0.262 e. The summed E-state index contributed by atoms with van der Waals surface area (Å²) in [7, 11) is 1.82. The summed E-state index contributed by atoms with van der Waals surface area (Å²) in [6.45, 7) is 4.54. The van der Waals surface area contributed by atoms with Crippen LogP contribution >= 0.6 is 11.6 Å². The van der Waals surface area contributed by atoms with Crippen LogP contribution in [0.1, 0.15) is 0 Å². The summed E-state index contributed by atoms with van der Waals surface area (Å²) in [5.74, 6) is 1.05. The zero-order valence-corrected chi connectivity index (χ0v) is 19.3. The first kappa shape index (κ1) is 23.1. The number of morpholine rings is 1. The molecule has 8 nitrogen and oxygen atoms in total. The second kappa shape index (κ2) is 11.2. The molecule has 0 spiro atoms. The van der Waals surface area contributed by atoms with E-state index in [1.807, 2.05) is 37.4 Å². The lowest BCUT2D eigenvalue weighted by molar-refractivity contribution is -0.118. The predicted molar refractivity (Wildman–Crippen MR) is 127 cm³/mol. The van der Waals surface area contributed by atoms with Gasteiger partial charge in [0.25, 0.3) is 5.91 Å². The van der Waals surface area contributed by atoms with Gasteiger partial charge in [0.2, 0.25) is 0 Å². The summed E-state index contributed by atoms with van der Waals surface area (Å²) in [5.41, 5.74) is 2.09. The summed E-state index contributed by atoms with van der Waals surface area (Å²) in [6.07, 6.45) is 1.59. The van der Waals surface area contributed by atoms with Crippen molar-refractivity contribution in [1.29, 1.82) is 0 Å². The summed E-state index contributed by atoms with van der Waals surface area (Å²) in [6, 6.07) is 14.7. The van der Waals surface area contributed by atoms with E-state index in [0.717, 1.165) is 44.1 Å². The molecule has 1 aromatic heterocycles. The number of nitrogens with zero attached hydrogens (tertiary/aromatic N) is 3. The van der Waals surface area contributed by atoms with Crippen LogP contribution in [0.3, 0.4) is 0 Å². The third-order valence-corrected chi connectivity index (χ3v) is 5.57. The quantitative estimate of drug-likeness (QED) is 0.516. The second-order valence-corrected chi connectivity index (χ2v) is 8.04. The van der Waals surface area contributed by atoms with Gasteiger partial charge in [-0.3, -0.25) is 14.4 Å². The van der Waals surface area contributed by atoms with Crippen LogP contribution in [0.4, 0.5) is 5.69 Å². The van der Waals surface area contributed by atoms with Gasteiger partial charge in [0, 0.05) is 37.9 Å². The first-order valence-electron chi connectivity index (χ1n) is 10.8. The fourth-order valence-electron chi connectivity index (χ4n) is 3.60. The molecule has 1 aliphatic heterocycles. The Balaban J connectivity index is 1.46. The van der Waals surface area contributed by atoms with Crippen molar-refractivity contribution in [3.8, 4) is 22.8 Å². The van der Waals surface area contributed by atoms with Crippen molar-refractivity contribution in [3.05, 3.63) is 59.8 Å². The Bertz CT molecular complexity index is 1050. The van der Waals surface area contributed by atoms with Gasteiger partial charge in [-0.05, 0) is 30.3 Å². The van der Waals surface area contributed by atoms with E-state index >= 15 is 0 Å². The van der Waals surface area contributed by atoms with Gasteiger partial charge in [-0.15, -0.1) is 0 Å². The van der Waals surface area contributed by atoms with E-state index < -0.39 is 0 Å². The fraction of sp³-hybridized carbons (Fsp3) is 0.333. The van der Waals surface area contributed by atoms with Crippen molar-refractivity contribution < 1.29 is 19.0 Å². The third kappa shape index (κ3) is 6.25. The van der Waals surface area contributed by atoms with Crippen molar-refractivity contribution in [3.63, 3.8) is 0 Å². The van der Waals surface area contributed by atoms with Crippen LogP contribution in [0.25, 0.3) is 11.3 Å². The largest absolute Gasteiger partial charge is 0.492 e. The molecular weight excluding hydrogens is 444 g/mol. The maximum atomic E-state index is 12.4. The highest BCUT2D eigenvalue weighted by molar-refractivity contribution is 6.33. The standard InChI is InChI=1S/C24H27ClN4O4/c1-28-24(21(25)16-26-28)20-15-18(27-23(30)17-33-19-5-3-2-4-6-19)7-8-22(20)32-14-11-29-9-12-31-13-10-29/h2-8,15-16H,9-14,17H2,1H3,(H,27,30). The molecule has 2 heterocycles. The minimum Gasteiger partial charge on any atom is -0.492 e. The molecule has 0 atom stereocenters. The van der Waals surface area contributed by atoms with Crippen LogP contribution in [0.2, 0.25) is 5.02 Å². The topological polar surface area (TPSA) is 77.9 Å². The Morgan fingerprint density at radius 3 is 2.67 bits per heavy atom. The molecule has 0 unspecified atom stereocenters. The summed E-state index contributed by atoms with van der Waals surface area (Å²) < 4.78 is 18.7. The number of hydrogen-bond donors (Lipinski definition) is 1. The molecule has 0 saturated carbocycles. The molecule has 0 aliphatic carbocycles. The van der Waals surface area contributed by atoms with Crippen molar-refractivity contribution in [2.75, 3.05) is 51.4 Å². The van der Waals surface area contributed by atoms with Gasteiger partial charge >= 0.3 is 0 Å². The highest BCUT2D eigenvalue weighted by Gasteiger charge is 2.17. The molecular formula is C24H27ClN4O4. The van der Waals surface area contributed by atoms with Gasteiger partial charge in [-0.2, -0.15) is 5.10 Å². The van der Waals surface area contributed by atoms with Crippen molar-refractivity contribution in [2.45, 2.75) is 0 Å². The molecule has 1 amide bonds. The Hall–Kier alpha value is -3.07. The third-order valence-electron chi connectivity index (χ3n) is 5.29. The predicted octanol–water partition coefficient (Wildman–Crippen LogP) is 3.47. The highest BCUT2D eigenvalue weighted by Crippen LogP contribution is 2.36. The fourth-order valence-corrected chi connectivity index (χ4v) is 3.87. The number of rotatable bonds is 9. The molecule has 1 aliphatic rings. The molecule has 1 fully saturated rings. The monoisotopic (exact) mass is 470 g/mol. The van der Waals surface area contributed by atoms with Crippen molar-refractivity contribution in [2.24, 2.45) is 7.05 Å². The average Bonchev–Trinajstić information content (AvgIpc) is 3.17. The second-order valence-electron chi connectivity index (χ2n) is 7.63. The maximum absolute atomic E-state index is 12.4. The number of aromatic nitrogens is 2. The highest BCUT2D eigenvalue weighted by atomic mass is 35.5. The van der Waals surface area contributed by atoms with Crippen molar-refractivity contribution >= 4 is 23.2 Å². The molecule has 0 bridgehead atoms. The molecule has 33 heavy (non-hydrogen) atoms. The van der Waals surface area contributed by atoms with E-state index in [1.165, 1.54) is 0 Å². The summed E-state index contributed by atoms with van der Waals surface area (Å²) >= 11 is 6.41. The van der Waals surface area contributed by atoms with Crippen LogP contribution in [-0.2, 0) is 16.6 Å². The van der Waals surface area contributed by atoms with Gasteiger partial charge in [0.15, 0.2) is 6.61 Å². The lowest BCUT2D eigenvalue weighted by Crippen LogP contribution is -2.38. The number of para-hydroxylation sites is 1. The molecule has 174 valence electrons. The molecule has 9 heteroatoms. The Morgan fingerprint density at radius 1 is 1.15 bits per heavy atom. The van der Waals surface area contributed by atoms with Crippen LogP contribution in [0.5, 0.6) is 11.5 Å². The van der Waals surface area contributed by atoms with Crippen LogP contribution in [0, 0.1) is 0 Å². The molecule has 1 N–H and O–H groups in total. The molecule has 2 aromatic carbocycles. The number of anilines is 1. The number of hydrogen-bond acceptors (Lipinski definition) is 6. The average molecular weight is 471 g/mol. The lowest BCUT2D eigenvalue weighted by atomic mass is 10.1. The molecule has 0 radical (unpaired) electrons. The SMILES string of the molecule is Cn1ncc(Cl)c1-c1cc(NC(=O)COc2ccccc2)ccc1OCCN1CCOCC1. The Morgan fingerprint density at radius 2 is 1.94 bits per heavy atom.